The van der Waals surface area contributed by atoms with Crippen molar-refractivity contribution in [3.05, 3.63) is 41.7 Å². The summed E-state index contributed by atoms with van der Waals surface area (Å²) in [6, 6.07) is 3.32. The Bertz CT molecular complexity index is 564. The van der Waals surface area contributed by atoms with Gasteiger partial charge in [-0.2, -0.15) is 0 Å². The number of allylic oxidation sites excluding steroid dienone is 2. The summed E-state index contributed by atoms with van der Waals surface area (Å²) < 4.78 is 0. The molecule has 112 valence electrons. The van der Waals surface area contributed by atoms with Gasteiger partial charge in [0.25, 0.3) is 5.91 Å². The zero-order valence-corrected chi connectivity index (χ0v) is 12.7. The van der Waals surface area contributed by atoms with Crippen molar-refractivity contribution < 1.29 is 9.59 Å². The summed E-state index contributed by atoms with van der Waals surface area (Å²) in [5.74, 6) is -0.168. The lowest BCUT2D eigenvalue weighted by Gasteiger charge is -2.21. The highest BCUT2D eigenvalue weighted by molar-refractivity contribution is 6.06. The molecule has 0 bridgehead atoms. The predicted octanol–water partition coefficient (Wildman–Crippen LogP) is 2.64. The predicted molar refractivity (Wildman–Crippen MR) is 80.4 cm³/mol. The number of carbonyl (C=O) groups excluding carboxylic acids is 2. The number of rotatable bonds is 5. The van der Waals surface area contributed by atoms with Crippen LogP contribution in [-0.4, -0.2) is 27.4 Å². The molecule has 0 saturated carbocycles. The molecule has 1 atom stereocenters. The van der Waals surface area contributed by atoms with E-state index in [1.165, 1.54) is 10.5 Å². The fourth-order valence-corrected chi connectivity index (χ4v) is 2.38. The first-order valence-corrected chi connectivity index (χ1v) is 7.09. The number of amides is 3. The van der Waals surface area contributed by atoms with Crippen LogP contribution in [0.2, 0.25) is 0 Å². The molecular weight excluding hydrogens is 266 g/mol. The van der Waals surface area contributed by atoms with Crippen LogP contribution in [-0.2, 0) is 11.3 Å². The second kappa shape index (κ2) is 6.08. The van der Waals surface area contributed by atoms with Crippen LogP contribution in [0.15, 0.2) is 36.2 Å². The zero-order valence-electron chi connectivity index (χ0n) is 12.7. The molecule has 1 aliphatic rings. The van der Waals surface area contributed by atoms with E-state index < -0.39 is 5.54 Å². The van der Waals surface area contributed by atoms with Gasteiger partial charge in [0.1, 0.15) is 5.54 Å². The van der Waals surface area contributed by atoms with E-state index in [1.54, 1.807) is 25.4 Å². The number of hydrogen-bond donors (Lipinski definition) is 1. The molecule has 1 fully saturated rings. The molecule has 0 unspecified atom stereocenters. The highest BCUT2D eigenvalue weighted by Gasteiger charge is 2.46. The van der Waals surface area contributed by atoms with Gasteiger partial charge in [0.05, 0.1) is 6.54 Å². The first-order chi connectivity index (χ1) is 9.92. The van der Waals surface area contributed by atoms with E-state index in [0.717, 1.165) is 12.0 Å². The number of aromatic nitrogens is 1. The Balaban J connectivity index is 2.07. The summed E-state index contributed by atoms with van der Waals surface area (Å²) in [5.41, 5.74) is 1.24. The normalized spacial score (nSPS) is 21.4. The number of nitrogens with zero attached hydrogens (tertiary/aromatic N) is 2. The van der Waals surface area contributed by atoms with Crippen molar-refractivity contribution in [3.8, 4) is 0 Å². The molecule has 5 nitrogen and oxygen atoms in total. The summed E-state index contributed by atoms with van der Waals surface area (Å²) in [4.78, 5) is 29.8. The smallest absolute Gasteiger partial charge is 0.323 e. The first-order valence-electron chi connectivity index (χ1n) is 7.09. The highest BCUT2D eigenvalue weighted by Crippen LogP contribution is 2.24. The summed E-state index contributed by atoms with van der Waals surface area (Å²) in [6.07, 6.45) is 6.78. The van der Waals surface area contributed by atoms with Crippen LogP contribution in [0.1, 0.15) is 39.2 Å². The Hall–Kier alpha value is -2.17. The fraction of sp³-hybridized carbons (Fsp3) is 0.438. The van der Waals surface area contributed by atoms with Crippen LogP contribution >= 0.6 is 0 Å². The van der Waals surface area contributed by atoms with Gasteiger partial charge in [-0.1, -0.05) is 17.7 Å². The third-order valence-electron chi connectivity index (χ3n) is 3.61. The van der Waals surface area contributed by atoms with Crippen molar-refractivity contribution in [2.75, 3.05) is 0 Å². The molecule has 1 saturated heterocycles. The van der Waals surface area contributed by atoms with Gasteiger partial charge in [0.15, 0.2) is 0 Å². The number of carbonyl (C=O) groups is 2. The first kappa shape index (κ1) is 15.2. The van der Waals surface area contributed by atoms with E-state index >= 15 is 0 Å². The Morgan fingerprint density at radius 1 is 1.43 bits per heavy atom. The van der Waals surface area contributed by atoms with Crippen LogP contribution < -0.4 is 5.32 Å². The maximum atomic E-state index is 12.5. The number of nitrogens with one attached hydrogen (secondary N) is 1. The second-order valence-electron chi connectivity index (χ2n) is 5.83. The average Bonchev–Trinajstić information content (AvgIpc) is 2.63. The maximum absolute atomic E-state index is 12.5. The van der Waals surface area contributed by atoms with Gasteiger partial charge >= 0.3 is 6.03 Å². The number of urea groups is 1. The molecule has 0 aliphatic carbocycles. The van der Waals surface area contributed by atoms with Gasteiger partial charge in [-0.15, -0.1) is 0 Å². The fourth-order valence-electron chi connectivity index (χ4n) is 2.38. The molecule has 21 heavy (non-hydrogen) atoms. The highest BCUT2D eigenvalue weighted by atomic mass is 16.2. The molecule has 0 aromatic carbocycles. The molecule has 2 heterocycles. The van der Waals surface area contributed by atoms with Crippen molar-refractivity contribution in [2.24, 2.45) is 0 Å². The lowest BCUT2D eigenvalue weighted by atomic mass is 9.95. The Morgan fingerprint density at radius 2 is 2.19 bits per heavy atom. The largest absolute Gasteiger partial charge is 0.325 e. The van der Waals surface area contributed by atoms with Gasteiger partial charge in [-0.3, -0.25) is 14.7 Å². The van der Waals surface area contributed by atoms with Gasteiger partial charge in [0.2, 0.25) is 0 Å². The molecule has 0 radical (unpaired) electrons. The Morgan fingerprint density at radius 3 is 2.81 bits per heavy atom. The third-order valence-corrected chi connectivity index (χ3v) is 3.61. The van der Waals surface area contributed by atoms with Crippen LogP contribution in [0.5, 0.6) is 0 Å². The van der Waals surface area contributed by atoms with Gasteiger partial charge in [0, 0.05) is 12.4 Å². The number of imide groups is 1. The average molecular weight is 287 g/mol. The minimum Gasteiger partial charge on any atom is -0.323 e. The van der Waals surface area contributed by atoms with E-state index in [2.05, 4.69) is 16.4 Å². The SMILES string of the molecule is CC(C)=CCC[C@]1(C)NC(=O)N(Cc2cccnc2)C1=O. The molecule has 0 spiro atoms. The lowest BCUT2D eigenvalue weighted by Crippen LogP contribution is -2.43. The van der Waals surface area contributed by atoms with Gasteiger partial charge < -0.3 is 5.32 Å². The Kier molecular flexibility index (Phi) is 4.40. The zero-order chi connectivity index (χ0) is 15.5. The quantitative estimate of drug-likeness (QED) is 0.669. The van der Waals surface area contributed by atoms with E-state index in [9.17, 15) is 9.59 Å². The maximum Gasteiger partial charge on any atom is 0.325 e. The van der Waals surface area contributed by atoms with E-state index in [0.29, 0.717) is 6.42 Å². The molecule has 5 heteroatoms. The second-order valence-corrected chi connectivity index (χ2v) is 5.83. The standard InChI is InChI=1S/C16H21N3O2/c1-12(2)6-4-8-16(3)14(20)19(15(21)18-16)11-13-7-5-9-17-10-13/h5-7,9-10H,4,8,11H2,1-3H3,(H,18,21)/t16-/m0/s1. The molecular formula is C16H21N3O2. The molecule has 1 aliphatic heterocycles. The van der Waals surface area contributed by atoms with Crippen molar-refractivity contribution in [1.82, 2.24) is 15.2 Å². The minimum absolute atomic E-state index is 0.168. The van der Waals surface area contributed by atoms with E-state index in [4.69, 9.17) is 0 Å². The topological polar surface area (TPSA) is 62.3 Å². The van der Waals surface area contributed by atoms with Crippen molar-refractivity contribution in [2.45, 2.75) is 45.7 Å². The molecule has 3 amide bonds. The van der Waals surface area contributed by atoms with Crippen LogP contribution in [0, 0.1) is 0 Å². The molecule has 1 aromatic rings. The van der Waals surface area contributed by atoms with Crippen molar-refractivity contribution in [3.63, 3.8) is 0 Å². The third kappa shape index (κ3) is 3.48. The minimum atomic E-state index is -0.814. The number of pyridine rings is 1. The summed E-state index contributed by atoms with van der Waals surface area (Å²) >= 11 is 0. The van der Waals surface area contributed by atoms with E-state index in [-0.39, 0.29) is 18.5 Å². The number of hydrogen-bond acceptors (Lipinski definition) is 3. The van der Waals surface area contributed by atoms with Gasteiger partial charge in [-0.05, 0) is 45.2 Å². The van der Waals surface area contributed by atoms with Crippen molar-refractivity contribution >= 4 is 11.9 Å². The monoisotopic (exact) mass is 287 g/mol. The molecule has 2 rings (SSSR count). The van der Waals surface area contributed by atoms with Crippen LogP contribution in [0.25, 0.3) is 0 Å². The lowest BCUT2D eigenvalue weighted by molar-refractivity contribution is -0.131. The summed E-state index contributed by atoms with van der Waals surface area (Å²) in [5, 5.41) is 2.81. The van der Waals surface area contributed by atoms with Crippen LogP contribution in [0.3, 0.4) is 0 Å². The summed E-state index contributed by atoms with van der Waals surface area (Å²) in [7, 11) is 0. The summed E-state index contributed by atoms with van der Waals surface area (Å²) in [6.45, 7) is 6.09. The van der Waals surface area contributed by atoms with Crippen LogP contribution in [0.4, 0.5) is 4.79 Å². The van der Waals surface area contributed by atoms with Crippen molar-refractivity contribution in [1.29, 1.82) is 0 Å². The molecule has 1 aromatic heterocycles. The van der Waals surface area contributed by atoms with E-state index in [1.807, 2.05) is 19.9 Å². The molecule has 1 N–H and O–H groups in total. The Labute approximate surface area is 125 Å². The van der Waals surface area contributed by atoms with Gasteiger partial charge in [-0.25, -0.2) is 4.79 Å².